The minimum Gasteiger partial charge on any atom is -0.462 e. The molecule has 0 aliphatic carbocycles. The molecular weight excluding hydrogens is 426 g/mol. The molecule has 0 aromatic heterocycles. The summed E-state index contributed by atoms with van der Waals surface area (Å²) in [5.41, 5.74) is 0.208. The molecule has 0 fully saturated rings. The average molecular weight is 451 g/mol. The van der Waals surface area contributed by atoms with Crippen molar-refractivity contribution in [2.45, 2.75) is 34.1 Å². The van der Waals surface area contributed by atoms with Crippen molar-refractivity contribution >= 4 is 35.2 Å². The maximum absolute atomic E-state index is 12.9. The van der Waals surface area contributed by atoms with Crippen LogP contribution in [0.1, 0.15) is 75.5 Å². The molecule has 8 nitrogen and oxygen atoms in total. The van der Waals surface area contributed by atoms with E-state index in [0.29, 0.717) is 18.6 Å². The van der Waals surface area contributed by atoms with Gasteiger partial charge in [0.1, 0.15) is 0 Å². The zero-order valence-electron chi connectivity index (χ0n) is 19.0. The summed E-state index contributed by atoms with van der Waals surface area (Å²) in [6.07, 6.45) is 0.696. The van der Waals surface area contributed by atoms with E-state index in [2.05, 4.69) is 0 Å². The molecule has 1 heterocycles. The van der Waals surface area contributed by atoms with Gasteiger partial charge in [-0.1, -0.05) is 27.7 Å². The molecule has 2 aromatic carbocycles. The van der Waals surface area contributed by atoms with Gasteiger partial charge in [-0.3, -0.25) is 14.4 Å². The smallest absolute Gasteiger partial charge is 0.338 e. The van der Waals surface area contributed by atoms with Crippen molar-refractivity contribution in [1.29, 1.82) is 0 Å². The number of nitrogens with zero attached hydrogens (tertiary/aromatic N) is 1. The van der Waals surface area contributed by atoms with Crippen LogP contribution in [0.2, 0.25) is 0 Å². The van der Waals surface area contributed by atoms with Crippen molar-refractivity contribution in [3.8, 4) is 0 Å². The third-order valence-corrected chi connectivity index (χ3v) is 5.09. The van der Waals surface area contributed by atoms with E-state index in [1.807, 2.05) is 6.92 Å². The van der Waals surface area contributed by atoms with Crippen molar-refractivity contribution < 1.29 is 33.4 Å². The predicted molar refractivity (Wildman–Crippen MR) is 119 cm³/mol. The number of ketones is 1. The number of carbonyl (C=O) groups is 5. The number of ether oxygens (including phenoxy) is 2. The first kappa shape index (κ1) is 23.8. The third-order valence-electron chi connectivity index (χ3n) is 5.09. The topological polar surface area (TPSA) is 107 Å². The number of fused-ring (bicyclic) bond motifs is 1. The second-order valence-corrected chi connectivity index (χ2v) is 8.64. The maximum Gasteiger partial charge on any atom is 0.338 e. The summed E-state index contributed by atoms with van der Waals surface area (Å²) in [6.45, 7) is 6.96. The highest BCUT2D eigenvalue weighted by molar-refractivity contribution is 6.34. The largest absolute Gasteiger partial charge is 0.462 e. The van der Waals surface area contributed by atoms with E-state index in [-0.39, 0.29) is 34.8 Å². The van der Waals surface area contributed by atoms with Gasteiger partial charge in [-0.25, -0.2) is 14.5 Å². The lowest BCUT2D eigenvalue weighted by Crippen LogP contribution is -2.29. The van der Waals surface area contributed by atoms with Crippen LogP contribution in [-0.2, 0) is 14.3 Å². The summed E-state index contributed by atoms with van der Waals surface area (Å²) in [5, 5.41) is 0. The molecule has 0 spiro atoms. The molecule has 0 atom stereocenters. The second kappa shape index (κ2) is 9.36. The van der Waals surface area contributed by atoms with Crippen molar-refractivity contribution in [2.75, 3.05) is 18.1 Å². The summed E-state index contributed by atoms with van der Waals surface area (Å²) in [4.78, 5) is 63.1. The fourth-order valence-electron chi connectivity index (χ4n) is 3.06. The van der Waals surface area contributed by atoms with Crippen LogP contribution >= 0.6 is 0 Å². The van der Waals surface area contributed by atoms with Crippen LogP contribution < -0.4 is 4.90 Å². The zero-order chi connectivity index (χ0) is 24.3. The van der Waals surface area contributed by atoms with Crippen LogP contribution in [0.3, 0.4) is 0 Å². The highest BCUT2D eigenvalue weighted by Gasteiger charge is 2.37. The Morgan fingerprint density at radius 2 is 1.39 bits per heavy atom. The van der Waals surface area contributed by atoms with Gasteiger partial charge >= 0.3 is 11.9 Å². The summed E-state index contributed by atoms with van der Waals surface area (Å²) in [5.74, 6) is -2.63. The highest BCUT2D eigenvalue weighted by Crippen LogP contribution is 2.29. The van der Waals surface area contributed by atoms with Gasteiger partial charge in [0.2, 0.25) is 0 Å². The standard InChI is InChI=1S/C25H25NO7/c1-5-12-32-23(30)15-6-9-17(10-7-15)26-21(28)18-11-8-16(13-19(18)22(26)29)24(31)33-14-20(27)25(2,3)4/h6-11,13H,5,12,14H2,1-4H3. The number of rotatable bonds is 7. The zero-order valence-corrected chi connectivity index (χ0v) is 19.0. The van der Waals surface area contributed by atoms with Gasteiger partial charge in [0.05, 0.1) is 34.5 Å². The molecule has 33 heavy (non-hydrogen) atoms. The van der Waals surface area contributed by atoms with Crippen LogP contribution in [0, 0.1) is 5.41 Å². The van der Waals surface area contributed by atoms with Gasteiger partial charge in [-0.05, 0) is 48.9 Å². The maximum atomic E-state index is 12.9. The number of Topliss-reactive ketones (excluding diaryl/α,β-unsaturated/α-hetero) is 1. The van der Waals surface area contributed by atoms with Gasteiger partial charge in [-0.2, -0.15) is 0 Å². The second-order valence-electron chi connectivity index (χ2n) is 8.64. The van der Waals surface area contributed by atoms with Gasteiger partial charge < -0.3 is 9.47 Å². The SMILES string of the molecule is CCCOC(=O)c1ccc(N2C(=O)c3ccc(C(=O)OCC(=O)C(C)(C)C)cc3C2=O)cc1. The molecule has 3 rings (SSSR count). The Hall–Kier alpha value is -3.81. The van der Waals surface area contributed by atoms with Crippen LogP contribution in [0.5, 0.6) is 0 Å². The van der Waals surface area contributed by atoms with E-state index in [1.54, 1.807) is 20.8 Å². The number of esters is 2. The van der Waals surface area contributed by atoms with Gasteiger partial charge in [-0.15, -0.1) is 0 Å². The fourth-order valence-corrected chi connectivity index (χ4v) is 3.06. The molecule has 0 radical (unpaired) electrons. The number of imide groups is 1. The number of anilines is 1. The Morgan fingerprint density at radius 1 is 0.818 bits per heavy atom. The molecule has 0 N–H and O–H groups in total. The first-order valence-corrected chi connectivity index (χ1v) is 10.5. The lowest BCUT2D eigenvalue weighted by atomic mass is 9.91. The van der Waals surface area contributed by atoms with E-state index in [0.717, 1.165) is 4.90 Å². The summed E-state index contributed by atoms with van der Waals surface area (Å²) in [6, 6.07) is 9.97. The van der Waals surface area contributed by atoms with E-state index in [1.165, 1.54) is 42.5 Å². The number of hydrogen-bond acceptors (Lipinski definition) is 7. The molecule has 0 bridgehead atoms. The Balaban J connectivity index is 1.77. The Kier molecular flexibility index (Phi) is 6.76. The van der Waals surface area contributed by atoms with E-state index in [4.69, 9.17) is 9.47 Å². The summed E-state index contributed by atoms with van der Waals surface area (Å²) >= 11 is 0. The first-order valence-electron chi connectivity index (χ1n) is 10.5. The molecule has 172 valence electrons. The molecular formula is C25H25NO7. The van der Waals surface area contributed by atoms with E-state index < -0.39 is 29.2 Å². The molecule has 8 heteroatoms. The first-order chi connectivity index (χ1) is 15.5. The number of hydrogen-bond donors (Lipinski definition) is 0. The summed E-state index contributed by atoms with van der Waals surface area (Å²) in [7, 11) is 0. The Labute approximate surface area is 191 Å². The van der Waals surface area contributed by atoms with Gasteiger partial charge in [0, 0.05) is 5.41 Å². The molecule has 1 aliphatic heterocycles. The van der Waals surface area contributed by atoms with Crippen LogP contribution in [0.25, 0.3) is 0 Å². The Bertz CT molecular complexity index is 1130. The van der Waals surface area contributed by atoms with E-state index in [9.17, 15) is 24.0 Å². The minimum absolute atomic E-state index is 0.0584. The molecule has 0 unspecified atom stereocenters. The summed E-state index contributed by atoms with van der Waals surface area (Å²) < 4.78 is 10.1. The van der Waals surface area contributed by atoms with Crippen LogP contribution in [-0.4, -0.2) is 42.7 Å². The van der Waals surface area contributed by atoms with Gasteiger partial charge in [0.25, 0.3) is 11.8 Å². The van der Waals surface area contributed by atoms with Crippen molar-refractivity contribution in [2.24, 2.45) is 5.41 Å². The van der Waals surface area contributed by atoms with Crippen molar-refractivity contribution in [3.63, 3.8) is 0 Å². The van der Waals surface area contributed by atoms with Crippen molar-refractivity contribution in [1.82, 2.24) is 0 Å². The number of benzene rings is 2. The fraction of sp³-hybridized carbons (Fsp3) is 0.320. The third kappa shape index (κ3) is 5.00. The highest BCUT2D eigenvalue weighted by atomic mass is 16.5. The number of carbonyl (C=O) groups excluding carboxylic acids is 5. The van der Waals surface area contributed by atoms with Gasteiger partial charge in [0.15, 0.2) is 12.4 Å². The number of amides is 2. The molecule has 2 amide bonds. The van der Waals surface area contributed by atoms with Crippen LogP contribution in [0.15, 0.2) is 42.5 Å². The van der Waals surface area contributed by atoms with Crippen LogP contribution in [0.4, 0.5) is 5.69 Å². The Morgan fingerprint density at radius 3 is 2.00 bits per heavy atom. The lowest BCUT2D eigenvalue weighted by Gasteiger charge is -2.16. The normalized spacial score (nSPS) is 13.0. The molecule has 0 saturated heterocycles. The lowest BCUT2D eigenvalue weighted by molar-refractivity contribution is -0.129. The molecule has 1 aliphatic rings. The molecule has 2 aromatic rings. The predicted octanol–water partition coefficient (Wildman–Crippen LogP) is 3.83. The quantitative estimate of drug-likeness (QED) is 0.465. The van der Waals surface area contributed by atoms with Crippen molar-refractivity contribution in [3.05, 3.63) is 64.7 Å². The average Bonchev–Trinajstić information content (AvgIpc) is 3.04. The van der Waals surface area contributed by atoms with E-state index >= 15 is 0 Å². The minimum atomic E-state index is -0.760. The molecule has 0 saturated carbocycles. The monoisotopic (exact) mass is 451 g/mol.